The maximum atomic E-state index is 10.8. The van der Waals surface area contributed by atoms with Gasteiger partial charge in [-0.2, -0.15) is 0 Å². The summed E-state index contributed by atoms with van der Waals surface area (Å²) in [4.78, 5) is 0. The molecule has 0 aromatic rings. The van der Waals surface area contributed by atoms with Gasteiger partial charge in [-0.15, -0.1) is 0 Å². The van der Waals surface area contributed by atoms with Crippen LogP contribution in [0.1, 0.15) is 44.9 Å². The van der Waals surface area contributed by atoms with Gasteiger partial charge in [-0.1, -0.05) is 0 Å². The summed E-state index contributed by atoms with van der Waals surface area (Å²) in [5, 5.41) is 19.7. The zero-order valence-electron chi connectivity index (χ0n) is 9.36. The maximum Gasteiger partial charge on any atom is 0.0705 e. The number of rotatable bonds is 3. The molecule has 0 radical (unpaired) electrons. The molecule has 4 fully saturated rings. The highest BCUT2D eigenvalue weighted by molar-refractivity contribution is 5.06. The molecule has 4 aliphatic rings. The van der Waals surface area contributed by atoms with Crippen LogP contribution in [0.3, 0.4) is 0 Å². The molecule has 4 bridgehead atoms. The summed E-state index contributed by atoms with van der Waals surface area (Å²) in [6.07, 6.45) is 8.08. The number of aliphatic hydroxyl groups excluding tert-OH is 1. The molecular formula is C13H22O2. The van der Waals surface area contributed by atoms with Crippen LogP contribution in [0, 0.1) is 23.7 Å². The Hall–Kier alpha value is -0.0800. The minimum atomic E-state index is -0.407. The van der Waals surface area contributed by atoms with Gasteiger partial charge in [-0.3, -0.25) is 0 Å². The fraction of sp³-hybridized carbons (Fsp3) is 1.00. The van der Waals surface area contributed by atoms with E-state index >= 15 is 0 Å². The average Bonchev–Trinajstić information content (AvgIpc) is 2.22. The van der Waals surface area contributed by atoms with Crippen molar-refractivity contribution in [2.75, 3.05) is 6.61 Å². The first kappa shape index (κ1) is 10.1. The molecule has 4 rings (SSSR count). The van der Waals surface area contributed by atoms with Gasteiger partial charge in [-0.25, -0.2) is 0 Å². The molecule has 2 N–H and O–H groups in total. The van der Waals surface area contributed by atoms with Crippen molar-refractivity contribution < 1.29 is 10.2 Å². The van der Waals surface area contributed by atoms with Crippen molar-refractivity contribution in [2.45, 2.75) is 50.5 Å². The SMILES string of the molecule is OCCCC1(O)C2CC3CC(C2)CC1C3. The van der Waals surface area contributed by atoms with E-state index in [0.717, 1.165) is 24.7 Å². The fourth-order valence-electron chi connectivity index (χ4n) is 4.77. The second-order valence-electron chi connectivity index (χ2n) is 6.12. The Balaban J connectivity index is 1.78. The van der Waals surface area contributed by atoms with Gasteiger partial charge in [0.25, 0.3) is 0 Å². The van der Waals surface area contributed by atoms with E-state index in [9.17, 15) is 5.11 Å². The van der Waals surface area contributed by atoms with Crippen molar-refractivity contribution in [2.24, 2.45) is 23.7 Å². The third kappa shape index (κ3) is 1.45. The summed E-state index contributed by atoms with van der Waals surface area (Å²) in [5.41, 5.74) is -0.407. The maximum absolute atomic E-state index is 10.8. The first-order valence-corrected chi connectivity index (χ1v) is 6.55. The summed E-state index contributed by atoms with van der Waals surface area (Å²) in [5.74, 6) is 2.95. The highest BCUT2D eigenvalue weighted by Gasteiger charge is 2.55. The van der Waals surface area contributed by atoms with Crippen molar-refractivity contribution in [3.63, 3.8) is 0 Å². The van der Waals surface area contributed by atoms with E-state index < -0.39 is 5.60 Å². The lowest BCUT2D eigenvalue weighted by atomic mass is 9.49. The molecule has 4 aliphatic carbocycles. The van der Waals surface area contributed by atoms with Crippen molar-refractivity contribution in [3.8, 4) is 0 Å². The van der Waals surface area contributed by atoms with Crippen LogP contribution in [-0.4, -0.2) is 22.4 Å². The quantitative estimate of drug-likeness (QED) is 0.747. The Morgan fingerprint density at radius 2 is 1.47 bits per heavy atom. The van der Waals surface area contributed by atoms with Gasteiger partial charge >= 0.3 is 0 Å². The molecule has 0 aromatic carbocycles. The topological polar surface area (TPSA) is 40.5 Å². The van der Waals surface area contributed by atoms with Gasteiger partial charge in [0.2, 0.25) is 0 Å². The van der Waals surface area contributed by atoms with Crippen LogP contribution in [0.5, 0.6) is 0 Å². The first-order chi connectivity index (χ1) is 7.22. The van der Waals surface area contributed by atoms with Gasteiger partial charge in [0, 0.05) is 6.61 Å². The highest BCUT2D eigenvalue weighted by atomic mass is 16.3. The molecule has 0 spiro atoms. The molecule has 0 saturated heterocycles. The monoisotopic (exact) mass is 210 g/mol. The predicted octanol–water partition coefficient (Wildman–Crippen LogP) is 1.95. The van der Waals surface area contributed by atoms with Gasteiger partial charge in [0.15, 0.2) is 0 Å². The van der Waals surface area contributed by atoms with E-state index in [2.05, 4.69) is 0 Å². The second-order valence-corrected chi connectivity index (χ2v) is 6.12. The fourth-order valence-corrected chi connectivity index (χ4v) is 4.77. The van der Waals surface area contributed by atoms with Gasteiger partial charge in [0.05, 0.1) is 5.60 Å². The molecule has 86 valence electrons. The third-order valence-corrected chi connectivity index (χ3v) is 5.29. The molecule has 2 heteroatoms. The molecule has 0 aromatic heterocycles. The molecule has 0 amide bonds. The second kappa shape index (κ2) is 3.46. The van der Waals surface area contributed by atoms with Crippen molar-refractivity contribution in [1.82, 2.24) is 0 Å². The van der Waals surface area contributed by atoms with E-state index in [1.807, 2.05) is 0 Å². The third-order valence-electron chi connectivity index (χ3n) is 5.29. The van der Waals surface area contributed by atoms with E-state index in [1.54, 1.807) is 0 Å². The lowest BCUT2D eigenvalue weighted by molar-refractivity contribution is -0.177. The van der Waals surface area contributed by atoms with Crippen molar-refractivity contribution in [3.05, 3.63) is 0 Å². The molecule has 0 unspecified atom stereocenters. The van der Waals surface area contributed by atoms with Gasteiger partial charge in [-0.05, 0) is 68.6 Å². The van der Waals surface area contributed by atoms with Crippen LogP contribution in [0.2, 0.25) is 0 Å². The summed E-state index contributed by atoms with van der Waals surface area (Å²) in [6.45, 7) is 0.231. The van der Waals surface area contributed by atoms with E-state index in [1.165, 1.54) is 32.1 Å². The molecule has 4 saturated carbocycles. The Kier molecular flexibility index (Phi) is 2.33. The standard InChI is InChI=1S/C13H22O2/c14-3-1-2-13(15)11-5-9-4-10(7-11)8-12(13)6-9/h9-12,14-15H,1-8H2. The van der Waals surface area contributed by atoms with Crippen LogP contribution < -0.4 is 0 Å². The van der Waals surface area contributed by atoms with Crippen LogP contribution in [-0.2, 0) is 0 Å². The Morgan fingerprint density at radius 1 is 0.933 bits per heavy atom. The predicted molar refractivity (Wildman–Crippen MR) is 58.3 cm³/mol. The average molecular weight is 210 g/mol. The molecule has 15 heavy (non-hydrogen) atoms. The van der Waals surface area contributed by atoms with Crippen LogP contribution >= 0.6 is 0 Å². The lowest BCUT2D eigenvalue weighted by Crippen LogP contribution is -2.57. The minimum absolute atomic E-state index is 0.231. The smallest absolute Gasteiger partial charge is 0.0705 e. The number of hydrogen-bond acceptors (Lipinski definition) is 2. The van der Waals surface area contributed by atoms with E-state index in [4.69, 9.17) is 5.11 Å². The van der Waals surface area contributed by atoms with Crippen LogP contribution in [0.4, 0.5) is 0 Å². The molecule has 0 atom stereocenters. The van der Waals surface area contributed by atoms with Crippen molar-refractivity contribution in [1.29, 1.82) is 0 Å². The summed E-state index contributed by atoms with van der Waals surface area (Å²) >= 11 is 0. The summed E-state index contributed by atoms with van der Waals surface area (Å²) in [7, 11) is 0. The largest absolute Gasteiger partial charge is 0.396 e. The van der Waals surface area contributed by atoms with E-state index in [0.29, 0.717) is 11.8 Å². The zero-order chi connectivity index (χ0) is 10.5. The first-order valence-electron chi connectivity index (χ1n) is 6.55. The highest BCUT2D eigenvalue weighted by Crippen LogP contribution is 2.59. The molecular weight excluding hydrogens is 188 g/mol. The normalized spacial score (nSPS) is 52.4. The Bertz CT molecular complexity index is 221. The summed E-state index contributed by atoms with van der Waals surface area (Å²) in [6, 6.07) is 0. The lowest BCUT2D eigenvalue weighted by Gasteiger charge is -2.59. The molecule has 0 heterocycles. The van der Waals surface area contributed by atoms with Gasteiger partial charge < -0.3 is 10.2 Å². The summed E-state index contributed by atoms with van der Waals surface area (Å²) < 4.78 is 0. The number of aliphatic hydroxyl groups is 2. The molecule has 2 nitrogen and oxygen atoms in total. The van der Waals surface area contributed by atoms with Crippen LogP contribution in [0.15, 0.2) is 0 Å². The van der Waals surface area contributed by atoms with Gasteiger partial charge in [0.1, 0.15) is 0 Å². The van der Waals surface area contributed by atoms with Crippen LogP contribution in [0.25, 0.3) is 0 Å². The Morgan fingerprint density at radius 3 is 1.93 bits per heavy atom. The van der Waals surface area contributed by atoms with Crippen molar-refractivity contribution >= 4 is 0 Å². The Labute approximate surface area is 91.7 Å². The number of hydrogen-bond donors (Lipinski definition) is 2. The van der Waals surface area contributed by atoms with E-state index in [-0.39, 0.29) is 6.61 Å². The molecule has 0 aliphatic heterocycles. The minimum Gasteiger partial charge on any atom is -0.396 e. The zero-order valence-corrected chi connectivity index (χ0v) is 9.36.